The van der Waals surface area contributed by atoms with Crippen molar-refractivity contribution in [2.45, 2.75) is 44.1 Å². The second kappa shape index (κ2) is 10.7. The Kier molecular flexibility index (Phi) is 8.29. The maximum atomic E-state index is 12.0. The first-order valence-electron chi connectivity index (χ1n) is 9.42. The first-order chi connectivity index (χ1) is 13.5. The van der Waals surface area contributed by atoms with Crippen LogP contribution >= 0.6 is 0 Å². The Labute approximate surface area is 166 Å². The van der Waals surface area contributed by atoms with Crippen molar-refractivity contribution in [1.29, 1.82) is 0 Å². The van der Waals surface area contributed by atoms with E-state index < -0.39 is 17.9 Å². The minimum atomic E-state index is -0.890. The molecular weight excluding hydrogens is 356 g/mol. The summed E-state index contributed by atoms with van der Waals surface area (Å²) in [5.41, 5.74) is 1.72. The van der Waals surface area contributed by atoms with Crippen molar-refractivity contribution in [3.05, 3.63) is 81.9 Å². The summed E-state index contributed by atoms with van der Waals surface area (Å²) in [4.78, 5) is 16.3. The molecule has 0 fully saturated rings. The van der Waals surface area contributed by atoms with Crippen molar-refractivity contribution in [3.8, 4) is 0 Å². The fourth-order valence-corrected chi connectivity index (χ4v) is 3.26. The maximum Gasteiger partial charge on any atom is 0.239 e. The number of hydrogen-bond donors (Lipinski definition) is 0. The van der Waals surface area contributed by atoms with E-state index in [0.29, 0.717) is 12.8 Å². The number of methoxy groups -OCH3 is 2. The van der Waals surface area contributed by atoms with Crippen LogP contribution < -0.4 is 0 Å². The first-order valence-corrected chi connectivity index (χ1v) is 9.42. The molecule has 0 amide bonds. The smallest absolute Gasteiger partial charge is 0.239 e. The molecule has 2 aromatic rings. The van der Waals surface area contributed by atoms with Crippen LogP contribution in [0.5, 0.6) is 0 Å². The lowest BCUT2D eigenvalue weighted by Crippen LogP contribution is -2.36. The molecule has 2 aromatic carbocycles. The molecule has 6 heteroatoms. The fourth-order valence-electron chi connectivity index (χ4n) is 3.26. The SMILES string of the molecule is CCC(CCC(C(/N=C/c1ccccc1)c1ccccc1)[N+](=O)[O-])(OC)OC. The van der Waals surface area contributed by atoms with Gasteiger partial charge in [0.15, 0.2) is 5.79 Å². The Morgan fingerprint density at radius 3 is 2.14 bits per heavy atom. The van der Waals surface area contributed by atoms with E-state index in [9.17, 15) is 10.1 Å². The normalized spacial score (nSPS) is 14.1. The van der Waals surface area contributed by atoms with Crippen molar-refractivity contribution >= 4 is 6.21 Å². The summed E-state index contributed by atoms with van der Waals surface area (Å²) >= 11 is 0. The highest BCUT2D eigenvalue weighted by molar-refractivity contribution is 5.79. The highest BCUT2D eigenvalue weighted by Gasteiger charge is 2.36. The molecule has 28 heavy (non-hydrogen) atoms. The average Bonchev–Trinajstić information content (AvgIpc) is 2.74. The number of rotatable bonds is 11. The van der Waals surface area contributed by atoms with Crippen LogP contribution in [0.1, 0.15) is 43.4 Å². The highest BCUT2D eigenvalue weighted by Crippen LogP contribution is 2.30. The molecule has 2 atom stereocenters. The topological polar surface area (TPSA) is 74.0 Å². The molecule has 0 spiro atoms. The van der Waals surface area contributed by atoms with Gasteiger partial charge in [-0.15, -0.1) is 0 Å². The van der Waals surface area contributed by atoms with E-state index in [-0.39, 0.29) is 11.3 Å². The summed E-state index contributed by atoms with van der Waals surface area (Å²) in [6, 6.07) is 17.5. The van der Waals surface area contributed by atoms with Gasteiger partial charge in [-0.1, -0.05) is 67.6 Å². The largest absolute Gasteiger partial charge is 0.353 e. The highest BCUT2D eigenvalue weighted by atomic mass is 16.7. The Balaban J connectivity index is 2.32. The second-order valence-electron chi connectivity index (χ2n) is 6.61. The Morgan fingerprint density at radius 1 is 1.07 bits per heavy atom. The van der Waals surface area contributed by atoms with Crippen molar-refractivity contribution < 1.29 is 14.4 Å². The van der Waals surface area contributed by atoms with E-state index in [1.165, 1.54) is 0 Å². The third-order valence-corrected chi connectivity index (χ3v) is 5.06. The van der Waals surface area contributed by atoms with Gasteiger partial charge in [0.2, 0.25) is 6.04 Å². The van der Waals surface area contributed by atoms with Crippen LogP contribution in [0, 0.1) is 10.1 Å². The molecule has 2 unspecified atom stereocenters. The van der Waals surface area contributed by atoms with E-state index in [4.69, 9.17) is 9.47 Å². The molecule has 0 aromatic heterocycles. The number of ether oxygens (including phenoxy) is 2. The lowest BCUT2D eigenvalue weighted by molar-refractivity contribution is -0.528. The molecule has 0 heterocycles. The van der Waals surface area contributed by atoms with Gasteiger partial charge in [-0.3, -0.25) is 15.1 Å². The van der Waals surface area contributed by atoms with Gasteiger partial charge >= 0.3 is 0 Å². The quantitative estimate of drug-likeness (QED) is 0.244. The monoisotopic (exact) mass is 384 g/mol. The van der Waals surface area contributed by atoms with Crippen LogP contribution in [0.2, 0.25) is 0 Å². The van der Waals surface area contributed by atoms with Crippen LogP contribution in [-0.2, 0) is 9.47 Å². The van der Waals surface area contributed by atoms with Gasteiger partial charge < -0.3 is 9.47 Å². The van der Waals surface area contributed by atoms with Gasteiger partial charge in [0.1, 0.15) is 6.04 Å². The van der Waals surface area contributed by atoms with Gasteiger partial charge in [0, 0.05) is 38.2 Å². The van der Waals surface area contributed by atoms with Crippen molar-refractivity contribution in [2.24, 2.45) is 4.99 Å². The number of nitrogens with zero attached hydrogens (tertiary/aromatic N) is 2. The molecule has 0 aliphatic rings. The van der Waals surface area contributed by atoms with E-state index in [1.54, 1.807) is 20.4 Å². The van der Waals surface area contributed by atoms with Gasteiger partial charge in [0.25, 0.3) is 0 Å². The van der Waals surface area contributed by atoms with E-state index in [0.717, 1.165) is 11.1 Å². The molecule has 0 saturated heterocycles. The number of benzene rings is 2. The molecule has 0 N–H and O–H groups in total. The zero-order valence-corrected chi connectivity index (χ0v) is 16.7. The maximum absolute atomic E-state index is 12.0. The summed E-state index contributed by atoms with van der Waals surface area (Å²) in [5.74, 6) is -0.821. The van der Waals surface area contributed by atoms with Crippen LogP contribution in [-0.4, -0.2) is 37.2 Å². The van der Waals surface area contributed by atoms with E-state index in [1.807, 2.05) is 67.6 Å². The number of aliphatic imine (C=N–C) groups is 1. The molecule has 2 rings (SSSR count). The molecule has 6 nitrogen and oxygen atoms in total. The van der Waals surface area contributed by atoms with Gasteiger partial charge in [-0.05, 0) is 17.5 Å². The van der Waals surface area contributed by atoms with E-state index in [2.05, 4.69) is 4.99 Å². The lowest BCUT2D eigenvalue weighted by Gasteiger charge is -2.30. The Bertz CT molecular complexity index is 737. The predicted octanol–water partition coefficient (Wildman–Crippen LogP) is 4.67. The van der Waals surface area contributed by atoms with Crippen molar-refractivity contribution in [2.75, 3.05) is 14.2 Å². The summed E-state index contributed by atoms with van der Waals surface area (Å²) in [6.45, 7) is 1.94. The second-order valence-corrected chi connectivity index (χ2v) is 6.61. The average molecular weight is 384 g/mol. The first kappa shape index (κ1) is 21.7. The standard InChI is InChI=1S/C22H28N2O4/c1-4-22(27-2,28-3)16-15-20(24(25)26)21(19-13-9-6-10-14-19)23-17-18-11-7-5-8-12-18/h5-14,17,20-21H,4,15-16H2,1-3H3/b23-17+. The van der Waals surface area contributed by atoms with Crippen molar-refractivity contribution in [1.82, 2.24) is 0 Å². The molecule has 150 valence electrons. The minimum Gasteiger partial charge on any atom is -0.353 e. The Morgan fingerprint density at radius 2 is 1.64 bits per heavy atom. The van der Waals surface area contributed by atoms with Crippen LogP contribution in [0.4, 0.5) is 0 Å². The molecule has 0 aliphatic carbocycles. The summed E-state index contributed by atoms with van der Waals surface area (Å²) in [7, 11) is 3.13. The summed E-state index contributed by atoms with van der Waals surface area (Å²) in [6.07, 6.45) is 3.00. The molecular formula is C22H28N2O4. The molecule has 0 radical (unpaired) electrons. The lowest BCUT2D eigenvalue weighted by atomic mass is 9.93. The molecule has 0 bridgehead atoms. The predicted molar refractivity (Wildman–Crippen MR) is 110 cm³/mol. The summed E-state index contributed by atoms with van der Waals surface area (Å²) < 4.78 is 11.0. The third-order valence-electron chi connectivity index (χ3n) is 5.06. The van der Waals surface area contributed by atoms with Crippen LogP contribution in [0.15, 0.2) is 65.7 Å². The van der Waals surface area contributed by atoms with Gasteiger partial charge in [-0.2, -0.15) is 0 Å². The number of nitro groups is 1. The Hall–Kier alpha value is -2.57. The number of hydrogen-bond acceptors (Lipinski definition) is 5. The minimum absolute atomic E-state index is 0.244. The van der Waals surface area contributed by atoms with E-state index >= 15 is 0 Å². The summed E-state index contributed by atoms with van der Waals surface area (Å²) in [5, 5.41) is 12.0. The molecule has 0 aliphatic heterocycles. The zero-order chi connectivity index (χ0) is 20.4. The van der Waals surface area contributed by atoms with Gasteiger partial charge in [-0.25, -0.2) is 0 Å². The van der Waals surface area contributed by atoms with Gasteiger partial charge in [0.05, 0.1) is 0 Å². The zero-order valence-electron chi connectivity index (χ0n) is 16.7. The van der Waals surface area contributed by atoms with Crippen molar-refractivity contribution in [3.63, 3.8) is 0 Å². The van der Waals surface area contributed by atoms with Crippen LogP contribution in [0.3, 0.4) is 0 Å². The third kappa shape index (κ3) is 5.71. The van der Waals surface area contributed by atoms with Crippen LogP contribution in [0.25, 0.3) is 0 Å². The molecule has 0 saturated carbocycles. The fraction of sp³-hybridized carbons (Fsp3) is 0.409.